The largest absolute Gasteiger partial charge is 0.497 e. The Morgan fingerprint density at radius 2 is 1.97 bits per heavy atom. The van der Waals surface area contributed by atoms with Crippen LogP contribution in [0.3, 0.4) is 0 Å². The van der Waals surface area contributed by atoms with Crippen molar-refractivity contribution in [3.8, 4) is 17.2 Å². The van der Waals surface area contributed by atoms with Crippen molar-refractivity contribution in [3.05, 3.63) is 65.6 Å². The normalized spacial score (nSPS) is 11.8. The van der Waals surface area contributed by atoms with Gasteiger partial charge >= 0.3 is 0 Å². The highest BCUT2D eigenvalue weighted by Crippen LogP contribution is 2.32. The molecule has 1 aromatic heterocycles. The maximum Gasteiger partial charge on any atom is 0.274 e. The maximum atomic E-state index is 12.6. The predicted molar refractivity (Wildman–Crippen MR) is 108 cm³/mol. The van der Waals surface area contributed by atoms with Crippen LogP contribution in [-0.4, -0.2) is 29.8 Å². The Labute approximate surface area is 167 Å². The van der Waals surface area contributed by atoms with E-state index in [0.29, 0.717) is 29.6 Å². The van der Waals surface area contributed by atoms with Crippen LogP contribution in [0.25, 0.3) is 0 Å². The third kappa shape index (κ3) is 4.37. The molecule has 0 fully saturated rings. The molecule has 0 radical (unpaired) electrons. The Hall–Kier alpha value is -3.81. The van der Waals surface area contributed by atoms with Gasteiger partial charge in [-0.05, 0) is 36.8 Å². The number of carbonyl (C=O) groups excluding carboxylic acids is 1. The highest BCUT2D eigenvalue weighted by Gasteiger charge is 2.14. The summed E-state index contributed by atoms with van der Waals surface area (Å²) in [6.45, 7) is 2.50. The minimum Gasteiger partial charge on any atom is -0.497 e. The minimum absolute atomic E-state index is 0.239. The van der Waals surface area contributed by atoms with Gasteiger partial charge in [0, 0.05) is 24.4 Å². The lowest BCUT2D eigenvalue weighted by atomic mass is 10.2. The Bertz CT molecular complexity index is 1050. The molecule has 8 heteroatoms. The van der Waals surface area contributed by atoms with Crippen molar-refractivity contribution >= 4 is 17.4 Å². The molecule has 2 heterocycles. The number of carbonyl (C=O) groups is 1. The molecule has 0 spiro atoms. The van der Waals surface area contributed by atoms with Crippen LogP contribution in [0.15, 0.2) is 48.5 Å². The molecule has 0 atom stereocenters. The van der Waals surface area contributed by atoms with E-state index in [1.807, 2.05) is 24.3 Å². The van der Waals surface area contributed by atoms with Crippen LogP contribution in [0.5, 0.6) is 17.2 Å². The van der Waals surface area contributed by atoms with Crippen LogP contribution in [0.1, 0.15) is 21.9 Å². The van der Waals surface area contributed by atoms with E-state index in [9.17, 15) is 4.79 Å². The van der Waals surface area contributed by atoms with Crippen LogP contribution in [0.4, 0.5) is 11.5 Å². The zero-order valence-electron chi connectivity index (χ0n) is 16.1. The molecule has 2 N–H and O–H groups in total. The van der Waals surface area contributed by atoms with E-state index in [-0.39, 0.29) is 18.4 Å². The topological polar surface area (TPSA) is 94.6 Å². The smallest absolute Gasteiger partial charge is 0.274 e. The number of anilines is 2. The van der Waals surface area contributed by atoms with Crippen molar-refractivity contribution in [1.29, 1.82) is 0 Å². The highest BCUT2D eigenvalue weighted by atomic mass is 16.7. The van der Waals surface area contributed by atoms with Gasteiger partial charge in [0.2, 0.25) is 6.79 Å². The summed E-state index contributed by atoms with van der Waals surface area (Å²) in [5.74, 6) is 2.86. The van der Waals surface area contributed by atoms with Crippen molar-refractivity contribution in [2.75, 3.05) is 24.5 Å². The molecule has 0 aliphatic carbocycles. The zero-order valence-corrected chi connectivity index (χ0v) is 16.1. The standard InChI is InChI=1S/C21H20N4O4/c1-13-23-17(21(26)25-15-4-3-5-16(9-15)27-2)10-20(24-13)22-11-14-6-7-18-19(8-14)29-12-28-18/h3-10H,11-12H2,1-2H3,(H,25,26)(H,22,23,24). The average molecular weight is 392 g/mol. The summed E-state index contributed by atoms with van der Waals surface area (Å²) in [6.07, 6.45) is 0. The Balaban J connectivity index is 1.46. The molecule has 148 valence electrons. The van der Waals surface area contributed by atoms with Crippen LogP contribution in [0.2, 0.25) is 0 Å². The number of aryl methyl sites for hydroxylation is 1. The molecule has 1 aliphatic heterocycles. The van der Waals surface area contributed by atoms with E-state index in [1.165, 1.54) is 0 Å². The summed E-state index contributed by atoms with van der Waals surface area (Å²) in [4.78, 5) is 21.2. The predicted octanol–water partition coefficient (Wildman–Crippen LogP) is 3.39. The van der Waals surface area contributed by atoms with Gasteiger partial charge in [0.15, 0.2) is 11.5 Å². The first-order chi connectivity index (χ1) is 14.1. The Kier molecular flexibility index (Phi) is 5.15. The molecule has 3 aromatic rings. The maximum absolute atomic E-state index is 12.6. The second-order valence-corrected chi connectivity index (χ2v) is 6.41. The third-order valence-electron chi connectivity index (χ3n) is 4.31. The monoisotopic (exact) mass is 392 g/mol. The summed E-state index contributed by atoms with van der Waals surface area (Å²) in [7, 11) is 1.58. The molecule has 1 amide bonds. The Morgan fingerprint density at radius 1 is 1.10 bits per heavy atom. The van der Waals surface area contributed by atoms with Crippen LogP contribution < -0.4 is 24.8 Å². The average Bonchev–Trinajstić information content (AvgIpc) is 3.20. The molecule has 4 rings (SSSR count). The molecule has 0 saturated heterocycles. The van der Waals surface area contributed by atoms with Crippen LogP contribution in [-0.2, 0) is 6.54 Å². The number of rotatable bonds is 6. The van der Waals surface area contributed by atoms with Gasteiger partial charge in [0.25, 0.3) is 5.91 Å². The van der Waals surface area contributed by atoms with Gasteiger partial charge in [0.05, 0.1) is 7.11 Å². The number of hydrogen-bond donors (Lipinski definition) is 2. The van der Waals surface area contributed by atoms with Crippen LogP contribution >= 0.6 is 0 Å². The first-order valence-corrected chi connectivity index (χ1v) is 9.04. The zero-order chi connectivity index (χ0) is 20.2. The summed E-state index contributed by atoms with van der Waals surface area (Å²) in [6, 6.07) is 14.5. The van der Waals surface area contributed by atoms with Crippen molar-refractivity contribution in [2.24, 2.45) is 0 Å². The quantitative estimate of drug-likeness (QED) is 0.664. The summed E-state index contributed by atoms with van der Waals surface area (Å²) in [5.41, 5.74) is 1.90. The molecular formula is C21H20N4O4. The fraction of sp³-hybridized carbons (Fsp3) is 0.190. The number of fused-ring (bicyclic) bond motifs is 1. The van der Waals surface area contributed by atoms with Crippen molar-refractivity contribution in [2.45, 2.75) is 13.5 Å². The van der Waals surface area contributed by atoms with Gasteiger partial charge in [0.1, 0.15) is 23.1 Å². The Morgan fingerprint density at radius 3 is 2.83 bits per heavy atom. The second-order valence-electron chi connectivity index (χ2n) is 6.41. The number of nitrogens with one attached hydrogen (secondary N) is 2. The number of benzene rings is 2. The number of amides is 1. The number of hydrogen-bond acceptors (Lipinski definition) is 7. The molecular weight excluding hydrogens is 372 g/mol. The van der Waals surface area contributed by atoms with E-state index < -0.39 is 0 Å². The van der Waals surface area contributed by atoms with E-state index in [4.69, 9.17) is 14.2 Å². The van der Waals surface area contributed by atoms with Crippen LogP contribution in [0, 0.1) is 6.92 Å². The molecule has 0 unspecified atom stereocenters. The van der Waals surface area contributed by atoms with Gasteiger partial charge in [-0.1, -0.05) is 12.1 Å². The number of methoxy groups -OCH3 is 1. The molecule has 0 bridgehead atoms. The molecule has 0 saturated carbocycles. The molecule has 1 aliphatic rings. The lowest BCUT2D eigenvalue weighted by molar-refractivity contribution is 0.102. The lowest BCUT2D eigenvalue weighted by Crippen LogP contribution is -2.16. The fourth-order valence-electron chi connectivity index (χ4n) is 2.91. The minimum atomic E-state index is -0.324. The molecule has 29 heavy (non-hydrogen) atoms. The van der Waals surface area contributed by atoms with E-state index >= 15 is 0 Å². The van der Waals surface area contributed by atoms with Gasteiger partial charge in [-0.3, -0.25) is 4.79 Å². The molecule has 2 aromatic carbocycles. The van der Waals surface area contributed by atoms with Gasteiger partial charge in [-0.15, -0.1) is 0 Å². The molecule has 8 nitrogen and oxygen atoms in total. The first kappa shape index (κ1) is 18.5. The second kappa shape index (κ2) is 8.05. The number of nitrogens with zero attached hydrogens (tertiary/aromatic N) is 2. The SMILES string of the molecule is COc1cccc(NC(=O)c2cc(NCc3ccc4c(c3)OCO4)nc(C)n2)c1. The first-order valence-electron chi connectivity index (χ1n) is 9.04. The van der Waals surface area contributed by atoms with Crippen molar-refractivity contribution < 1.29 is 19.0 Å². The number of aromatic nitrogens is 2. The van der Waals surface area contributed by atoms with Gasteiger partial charge < -0.3 is 24.8 Å². The number of ether oxygens (including phenoxy) is 3. The van der Waals surface area contributed by atoms with Gasteiger partial charge in [-0.25, -0.2) is 9.97 Å². The highest BCUT2D eigenvalue weighted by molar-refractivity contribution is 6.03. The van der Waals surface area contributed by atoms with E-state index in [1.54, 1.807) is 38.3 Å². The van der Waals surface area contributed by atoms with E-state index in [2.05, 4.69) is 20.6 Å². The van der Waals surface area contributed by atoms with Gasteiger partial charge in [-0.2, -0.15) is 0 Å². The summed E-state index contributed by atoms with van der Waals surface area (Å²) < 4.78 is 15.9. The summed E-state index contributed by atoms with van der Waals surface area (Å²) in [5, 5.41) is 6.04. The summed E-state index contributed by atoms with van der Waals surface area (Å²) >= 11 is 0. The fourth-order valence-corrected chi connectivity index (χ4v) is 2.91. The lowest BCUT2D eigenvalue weighted by Gasteiger charge is -2.10. The van der Waals surface area contributed by atoms with Crippen molar-refractivity contribution in [3.63, 3.8) is 0 Å². The van der Waals surface area contributed by atoms with E-state index in [0.717, 1.165) is 17.1 Å². The van der Waals surface area contributed by atoms with Crippen molar-refractivity contribution in [1.82, 2.24) is 9.97 Å². The third-order valence-corrected chi connectivity index (χ3v) is 4.31.